The van der Waals surface area contributed by atoms with Crippen LogP contribution >= 0.6 is 34.8 Å². The first-order valence-corrected chi connectivity index (χ1v) is 7.82. The van der Waals surface area contributed by atoms with Crippen molar-refractivity contribution in [3.8, 4) is 0 Å². The summed E-state index contributed by atoms with van der Waals surface area (Å²) in [5.41, 5.74) is 1.90. The van der Waals surface area contributed by atoms with Crippen molar-refractivity contribution in [3.05, 3.63) is 28.0 Å². The van der Waals surface area contributed by atoms with Crippen molar-refractivity contribution < 1.29 is 0 Å². The van der Waals surface area contributed by atoms with Crippen molar-refractivity contribution in [1.82, 2.24) is 9.55 Å². The molecular weight excluding hydrogens is 303 g/mol. The van der Waals surface area contributed by atoms with E-state index in [1.165, 1.54) is 19.3 Å². The maximum atomic E-state index is 6.14. The van der Waals surface area contributed by atoms with Gasteiger partial charge in [0, 0.05) is 6.04 Å². The summed E-state index contributed by atoms with van der Waals surface area (Å²) in [5.74, 6) is 2.02. The Morgan fingerprint density at radius 2 is 2.00 bits per heavy atom. The van der Waals surface area contributed by atoms with Gasteiger partial charge >= 0.3 is 0 Å². The van der Waals surface area contributed by atoms with E-state index in [0.717, 1.165) is 16.9 Å². The lowest BCUT2D eigenvalue weighted by Gasteiger charge is -2.33. The van der Waals surface area contributed by atoms with Crippen molar-refractivity contribution >= 4 is 45.8 Å². The minimum Gasteiger partial charge on any atom is -0.324 e. The number of benzene rings is 1. The van der Waals surface area contributed by atoms with Crippen LogP contribution in [0.25, 0.3) is 11.0 Å². The molecule has 1 fully saturated rings. The fourth-order valence-electron chi connectivity index (χ4n) is 2.82. The van der Waals surface area contributed by atoms with Crippen LogP contribution in [-0.2, 0) is 5.88 Å². The number of rotatable bonds is 3. The Hall–Kier alpha value is -0.440. The Balaban J connectivity index is 2.16. The number of alkyl halides is 1. The molecule has 5 heteroatoms. The zero-order valence-corrected chi connectivity index (χ0v) is 12.9. The van der Waals surface area contributed by atoms with Crippen molar-refractivity contribution in [1.29, 1.82) is 0 Å². The van der Waals surface area contributed by atoms with Gasteiger partial charge in [-0.1, -0.05) is 29.6 Å². The van der Waals surface area contributed by atoms with E-state index in [2.05, 4.69) is 16.5 Å². The summed E-state index contributed by atoms with van der Waals surface area (Å²) in [6.07, 6.45) is 3.89. The molecule has 1 aromatic carbocycles. The highest BCUT2D eigenvalue weighted by atomic mass is 35.5. The van der Waals surface area contributed by atoms with Crippen molar-refractivity contribution in [2.75, 3.05) is 0 Å². The van der Waals surface area contributed by atoms with Gasteiger partial charge in [0.05, 0.1) is 27.0 Å². The molecule has 0 N–H and O–H groups in total. The largest absolute Gasteiger partial charge is 0.324 e. The fraction of sp³-hybridized carbons (Fsp3) is 0.500. The first-order chi connectivity index (χ1) is 9.11. The number of hydrogen-bond donors (Lipinski definition) is 0. The SMILES string of the molecule is CC(C1CCC1)n1c(CCl)nc2cc(Cl)c(Cl)cc21. The summed E-state index contributed by atoms with van der Waals surface area (Å²) in [4.78, 5) is 4.58. The van der Waals surface area contributed by atoms with Crippen LogP contribution < -0.4 is 0 Å². The molecule has 1 aromatic heterocycles. The number of halogens is 3. The standard InChI is InChI=1S/C14H15Cl3N2/c1-8(9-3-2-4-9)19-13-6-11(17)10(16)5-12(13)18-14(19)7-15/h5-6,8-9H,2-4,7H2,1H3. The molecule has 0 bridgehead atoms. The van der Waals surface area contributed by atoms with Gasteiger partial charge in [0.25, 0.3) is 0 Å². The second-order valence-corrected chi connectivity index (χ2v) is 6.30. The molecule has 0 spiro atoms. The van der Waals surface area contributed by atoms with Gasteiger partial charge in [0.2, 0.25) is 0 Å². The molecule has 0 aliphatic heterocycles. The Morgan fingerprint density at radius 3 is 2.58 bits per heavy atom. The maximum absolute atomic E-state index is 6.14. The van der Waals surface area contributed by atoms with Crippen LogP contribution in [0, 0.1) is 5.92 Å². The smallest absolute Gasteiger partial charge is 0.125 e. The summed E-state index contributed by atoms with van der Waals surface area (Å²) in [5, 5.41) is 1.11. The average Bonchev–Trinajstić information content (AvgIpc) is 2.65. The molecule has 3 rings (SSSR count). The molecule has 2 aromatic rings. The van der Waals surface area contributed by atoms with Gasteiger partial charge in [0.1, 0.15) is 5.82 Å². The molecule has 102 valence electrons. The highest BCUT2D eigenvalue weighted by molar-refractivity contribution is 6.42. The molecule has 2 nitrogen and oxygen atoms in total. The van der Waals surface area contributed by atoms with Crippen molar-refractivity contribution in [2.24, 2.45) is 5.92 Å². The normalized spacial score (nSPS) is 17.7. The lowest BCUT2D eigenvalue weighted by atomic mass is 9.80. The van der Waals surface area contributed by atoms with Gasteiger partial charge in [-0.3, -0.25) is 0 Å². The van der Waals surface area contributed by atoms with Crippen LogP contribution in [0.2, 0.25) is 10.0 Å². The van der Waals surface area contributed by atoms with Gasteiger partial charge in [-0.2, -0.15) is 0 Å². The van der Waals surface area contributed by atoms with E-state index in [9.17, 15) is 0 Å². The van der Waals surface area contributed by atoms with Crippen LogP contribution in [0.4, 0.5) is 0 Å². The van der Waals surface area contributed by atoms with Crippen molar-refractivity contribution in [3.63, 3.8) is 0 Å². The van der Waals surface area contributed by atoms with E-state index < -0.39 is 0 Å². The van der Waals surface area contributed by atoms with Gasteiger partial charge in [-0.15, -0.1) is 11.6 Å². The summed E-state index contributed by atoms with van der Waals surface area (Å²) in [6, 6.07) is 4.13. The highest BCUT2D eigenvalue weighted by Crippen LogP contribution is 2.39. The molecule has 0 saturated heterocycles. The van der Waals surface area contributed by atoms with Gasteiger partial charge in [-0.05, 0) is 37.8 Å². The molecule has 0 radical (unpaired) electrons. The van der Waals surface area contributed by atoms with Crippen LogP contribution in [0.15, 0.2) is 12.1 Å². The Labute approximate surface area is 127 Å². The third kappa shape index (κ3) is 2.24. The zero-order valence-electron chi connectivity index (χ0n) is 10.7. The third-order valence-electron chi connectivity index (χ3n) is 4.16. The minimum absolute atomic E-state index is 0.404. The van der Waals surface area contributed by atoms with E-state index in [1.54, 1.807) is 0 Å². The van der Waals surface area contributed by atoms with E-state index in [4.69, 9.17) is 34.8 Å². The van der Waals surface area contributed by atoms with Crippen LogP contribution in [-0.4, -0.2) is 9.55 Å². The van der Waals surface area contributed by atoms with E-state index in [-0.39, 0.29) is 0 Å². The molecule has 1 saturated carbocycles. The second-order valence-electron chi connectivity index (χ2n) is 5.22. The molecule has 1 aliphatic carbocycles. The first kappa shape index (κ1) is 13.5. The second kappa shape index (κ2) is 5.16. The first-order valence-electron chi connectivity index (χ1n) is 6.53. The fourth-order valence-corrected chi connectivity index (χ4v) is 3.33. The number of aromatic nitrogens is 2. The molecule has 1 heterocycles. The molecule has 1 atom stereocenters. The molecular formula is C14H15Cl3N2. The van der Waals surface area contributed by atoms with Gasteiger partial charge < -0.3 is 4.57 Å². The lowest BCUT2D eigenvalue weighted by molar-refractivity contribution is 0.223. The summed E-state index contributed by atoms with van der Waals surface area (Å²) in [6.45, 7) is 2.24. The summed E-state index contributed by atoms with van der Waals surface area (Å²) >= 11 is 18.2. The highest BCUT2D eigenvalue weighted by Gasteiger charge is 2.28. The van der Waals surface area contributed by atoms with E-state index >= 15 is 0 Å². The van der Waals surface area contributed by atoms with E-state index in [1.807, 2.05) is 12.1 Å². The molecule has 1 unspecified atom stereocenters. The van der Waals surface area contributed by atoms with Gasteiger partial charge in [0.15, 0.2) is 0 Å². The zero-order chi connectivity index (χ0) is 13.6. The predicted octanol–water partition coefficient (Wildman–Crippen LogP) is 5.44. The number of imidazole rings is 1. The lowest BCUT2D eigenvalue weighted by Crippen LogP contribution is -2.24. The Morgan fingerprint density at radius 1 is 1.32 bits per heavy atom. The number of fused-ring (bicyclic) bond motifs is 1. The molecule has 19 heavy (non-hydrogen) atoms. The van der Waals surface area contributed by atoms with Crippen LogP contribution in [0.3, 0.4) is 0 Å². The third-order valence-corrected chi connectivity index (χ3v) is 5.12. The minimum atomic E-state index is 0.404. The van der Waals surface area contributed by atoms with Crippen LogP contribution in [0.5, 0.6) is 0 Å². The number of hydrogen-bond acceptors (Lipinski definition) is 1. The van der Waals surface area contributed by atoms with Gasteiger partial charge in [-0.25, -0.2) is 4.98 Å². The topological polar surface area (TPSA) is 17.8 Å². The number of nitrogens with zero attached hydrogens (tertiary/aromatic N) is 2. The van der Waals surface area contributed by atoms with Crippen molar-refractivity contribution in [2.45, 2.75) is 38.1 Å². The monoisotopic (exact) mass is 316 g/mol. The average molecular weight is 318 g/mol. The predicted molar refractivity (Wildman–Crippen MR) is 81.4 cm³/mol. The Kier molecular flexibility index (Phi) is 3.67. The summed E-state index contributed by atoms with van der Waals surface area (Å²) < 4.78 is 2.23. The molecule has 1 aliphatic rings. The Bertz CT molecular complexity index is 617. The van der Waals surface area contributed by atoms with Crippen LogP contribution in [0.1, 0.15) is 38.1 Å². The van der Waals surface area contributed by atoms with E-state index in [0.29, 0.717) is 27.9 Å². The maximum Gasteiger partial charge on any atom is 0.125 e. The quantitative estimate of drug-likeness (QED) is 0.689. The summed E-state index contributed by atoms with van der Waals surface area (Å²) in [7, 11) is 0. The molecule has 0 amide bonds.